The van der Waals surface area contributed by atoms with E-state index >= 15 is 0 Å². The molecule has 1 aliphatic carbocycles. The molecule has 5 heteroatoms. The molecular weight excluding hydrogens is 270 g/mol. The molecule has 0 radical (unpaired) electrons. The van der Waals surface area contributed by atoms with Gasteiger partial charge in [-0.1, -0.05) is 0 Å². The molecule has 0 spiro atoms. The van der Waals surface area contributed by atoms with E-state index in [-0.39, 0.29) is 23.6 Å². The molecular formula is C16H19NO4. The third-order valence-electron chi connectivity index (χ3n) is 4.69. The van der Waals surface area contributed by atoms with E-state index in [1.165, 1.54) is 0 Å². The highest BCUT2D eigenvalue weighted by molar-refractivity contribution is 5.97. The lowest BCUT2D eigenvalue weighted by molar-refractivity contribution is -0.143. The van der Waals surface area contributed by atoms with Crippen molar-refractivity contribution in [3.8, 4) is 5.75 Å². The number of hydrogen-bond acceptors (Lipinski definition) is 3. The SMILES string of the molecule is O=C(O)C1CCC(N2CCc3cc(O)ccc3C2=O)CC1. The maximum Gasteiger partial charge on any atom is 0.306 e. The van der Waals surface area contributed by atoms with E-state index in [0.717, 1.165) is 24.8 Å². The van der Waals surface area contributed by atoms with Crippen molar-refractivity contribution in [3.05, 3.63) is 29.3 Å². The van der Waals surface area contributed by atoms with Crippen LogP contribution in [-0.4, -0.2) is 39.6 Å². The van der Waals surface area contributed by atoms with Crippen LogP contribution in [0.3, 0.4) is 0 Å². The molecule has 1 fully saturated rings. The van der Waals surface area contributed by atoms with Gasteiger partial charge in [0.15, 0.2) is 0 Å². The molecule has 1 heterocycles. The highest BCUT2D eigenvalue weighted by Gasteiger charge is 2.34. The highest BCUT2D eigenvalue weighted by Crippen LogP contribution is 2.31. The molecule has 0 aromatic heterocycles. The number of benzene rings is 1. The van der Waals surface area contributed by atoms with Gasteiger partial charge < -0.3 is 15.1 Å². The zero-order chi connectivity index (χ0) is 15.0. The van der Waals surface area contributed by atoms with Crippen LogP contribution >= 0.6 is 0 Å². The summed E-state index contributed by atoms with van der Waals surface area (Å²) in [6.07, 6.45) is 3.55. The van der Waals surface area contributed by atoms with E-state index in [4.69, 9.17) is 5.11 Å². The number of carbonyl (C=O) groups excluding carboxylic acids is 1. The van der Waals surface area contributed by atoms with E-state index in [1.54, 1.807) is 18.2 Å². The van der Waals surface area contributed by atoms with Crippen molar-refractivity contribution in [1.29, 1.82) is 0 Å². The fraction of sp³-hybridized carbons (Fsp3) is 0.500. The molecule has 2 N–H and O–H groups in total. The smallest absolute Gasteiger partial charge is 0.306 e. The van der Waals surface area contributed by atoms with Gasteiger partial charge in [0.25, 0.3) is 5.91 Å². The molecule has 21 heavy (non-hydrogen) atoms. The van der Waals surface area contributed by atoms with E-state index in [0.29, 0.717) is 24.9 Å². The first-order valence-corrected chi connectivity index (χ1v) is 7.42. The molecule has 0 saturated heterocycles. The third kappa shape index (κ3) is 2.60. The van der Waals surface area contributed by atoms with Crippen LogP contribution in [0, 0.1) is 5.92 Å². The largest absolute Gasteiger partial charge is 0.508 e. The summed E-state index contributed by atoms with van der Waals surface area (Å²) in [5, 5.41) is 18.5. The van der Waals surface area contributed by atoms with Crippen LogP contribution in [0.15, 0.2) is 18.2 Å². The number of fused-ring (bicyclic) bond motifs is 1. The first-order valence-electron chi connectivity index (χ1n) is 7.42. The number of hydrogen-bond donors (Lipinski definition) is 2. The standard InChI is InChI=1S/C16H19NO4/c18-13-5-6-14-11(9-13)7-8-17(15(14)19)12-3-1-10(2-4-12)16(20)21/h5-6,9-10,12,18H,1-4,7-8H2,(H,20,21). The molecule has 1 aromatic rings. The second kappa shape index (κ2) is 5.39. The molecule has 1 aliphatic heterocycles. The maximum atomic E-state index is 12.6. The Kier molecular flexibility index (Phi) is 3.57. The Morgan fingerprint density at radius 3 is 2.57 bits per heavy atom. The van der Waals surface area contributed by atoms with Crippen molar-refractivity contribution < 1.29 is 19.8 Å². The number of amides is 1. The number of nitrogens with zero attached hydrogens (tertiary/aromatic N) is 1. The van der Waals surface area contributed by atoms with Gasteiger partial charge in [0, 0.05) is 18.2 Å². The van der Waals surface area contributed by atoms with Gasteiger partial charge in [0.1, 0.15) is 5.75 Å². The first-order chi connectivity index (χ1) is 10.1. The van der Waals surface area contributed by atoms with Gasteiger partial charge >= 0.3 is 5.97 Å². The zero-order valence-electron chi connectivity index (χ0n) is 11.8. The number of aromatic hydroxyl groups is 1. The van der Waals surface area contributed by atoms with E-state index in [2.05, 4.69) is 0 Å². The summed E-state index contributed by atoms with van der Waals surface area (Å²) in [5.41, 5.74) is 1.56. The van der Waals surface area contributed by atoms with E-state index in [9.17, 15) is 14.7 Å². The van der Waals surface area contributed by atoms with Gasteiger partial charge in [-0.15, -0.1) is 0 Å². The lowest BCUT2D eigenvalue weighted by Crippen LogP contribution is -2.46. The fourth-order valence-electron chi connectivity index (χ4n) is 3.48. The van der Waals surface area contributed by atoms with Crippen molar-refractivity contribution in [2.45, 2.75) is 38.1 Å². The Labute approximate surface area is 123 Å². The molecule has 1 amide bonds. The Morgan fingerprint density at radius 1 is 1.19 bits per heavy atom. The molecule has 0 atom stereocenters. The van der Waals surface area contributed by atoms with Crippen molar-refractivity contribution >= 4 is 11.9 Å². The average Bonchev–Trinajstić information content (AvgIpc) is 2.47. The van der Waals surface area contributed by atoms with Crippen LogP contribution in [0.25, 0.3) is 0 Å². The van der Waals surface area contributed by atoms with Gasteiger partial charge in [-0.05, 0) is 55.9 Å². The minimum Gasteiger partial charge on any atom is -0.508 e. The van der Waals surface area contributed by atoms with Gasteiger partial charge in [0.05, 0.1) is 5.92 Å². The number of carboxylic acid groups (broad SMARTS) is 1. The summed E-state index contributed by atoms with van der Waals surface area (Å²) in [6, 6.07) is 5.03. The number of carbonyl (C=O) groups is 2. The predicted molar refractivity (Wildman–Crippen MR) is 76.2 cm³/mol. The van der Waals surface area contributed by atoms with Crippen LogP contribution in [0.1, 0.15) is 41.6 Å². The molecule has 0 unspecified atom stereocenters. The van der Waals surface area contributed by atoms with Crippen LogP contribution in [-0.2, 0) is 11.2 Å². The summed E-state index contributed by atoms with van der Waals surface area (Å²) in [7, 11) is 0. The third-order valence-corrected chi connectivity index (χ3v) is 4.69. The van der Waals surface area contributed by atoms with Crippen LogP contribution in [0.5, 0.6) is 5.75 Å². The number of phenolic OH excluding ortho intramolecular Hbond substituents is 1. The topological polar surface area (TPSA) is 77.8 Å². The van der Waals surface area contributed by atoms with Crippen LogP contribution in [0.2, 0.25) is 0 Å². The summed E-state index contributed by atoms with van der Waals surface area (Å²) in [4.78, 5) is 25.4. The van der Waals surface area contributed by atoms with E-state index in [1.807, 2.05) is 4.90 Å². The van der Waals surface area contributed by atoms with Gasteiger partial charge in [-0.25, -0.2) is 0 Å². The molecule has 3 rings (SSSR count). The Balaban J connectivity index is 1.73. The summed E-state index contributed by atoms with van der Waals surface area (Å²) >= 11 is 0. The van der Waals surface area contributed by atoms with Gasteiger partial charge in [-0.3, -0.25) is 9.59 Å². The molecule has 1 saturated carbocycles. The quantitative estimate of drug-likeness (QED) is 0.873. The molecule has 1 aromatic carbocycles. The number of phenols is 1. The first kappa shape index (κ1) is 13.9. The van der Waals surface area contributed by atoms with Crippen LogP contribution in [0.4, 0.5) is 0 Å². The van der Waals surface area contributed by atoms with Crippen molar-refractivity contribution in [3.63, 3.8) is 0 Å². The lowest BCUT2D eigenvalue weighted by atomic mass is 9.84. The summed E-state index contributed by atoms with van der Waals surface area (Å²) in [6.45, 7) is 0.650. The summed E-state index contributed by atoms with van der Waals surface area (Å²) in [5.74, 6) is -0.781. The Hall–Kier alpha value is -2.04. The Bertz CT molecular complexity index is 576. The summed E-state index contributed by atoms with van der Waals surface area (Å²) < 4.78 is 0. The zero-order valence-corrected chi connectivity index (χ0v) is 11.8. The van der Waals surface area contributed by atoms with Crippen molar-refractivity contribution in [1.82, 2.24) is 4.90 Å². The molecule has 112 valence electrons. The molecule has 2 aliphatic rings. The molecule has 0 bridgehead atoms. The van der Waals surface area contributed by atoms with Crippen LogP contribution < -0.4 is 0 Å². The minimum absolute atomic E-state index is 0.00928. The number of rotatable bonds is 2. The predicted octanol–water partition coefficient (Wildman–Crippen LogP) is 2.03. The molecule has 5 nitrogen and oxygen atoms in total. The maximum absolute atomic E-state index is 12.6. The monoisotopic (exact) mass is 289 g/mol. The average molecular weight is 289 g/mol. The van der Waals surface area contributed by atoms with Gasteiger partial charge in [-0.2, -0.15) is 0 Å². The van der Waals surface area contributed by atoms with Crippen molar-refractivity contribution in [2.75, 3.05) is 6.54 Å². The number of carboxylic acids is 1. The minimum atomic E-state index is -0.723. The highest BCUT2D eigenvalue weighted by atomic mass is 16.4. The normalized spacial score (nSPS) is 25.5. The second-order valence-corrected chi connectivity index (χ2v) is 5.93. The van der Waals surface area contributed by atoms with Crippen molar-refractivity contribution in [2.24, 2.45) is 5.92 Å². The number of aliphatic carboxylic acids is 1. The fourth-order valence-corrected chi connectivity index (χ4v) is 3.48. The Morgan fingerprint density at radius 2 is 1.90 bits per heavy atom. The second-order valence-electron chi connectivity index (χ2n) is 5.93. The van der Waals surface area contributed by atoms with E-state index < -0.39 is 5.97 Å². The lowest BCUT2D eigenvalue weighted by Gasteiger charge is -2.38. The van der Waals surface area contributed by atoms with Gasteiger partial charge in [0.2, 0.25) is 0 Å².